The maximum atomic E-state index is 12.6. The van der Waals surface area contributed by atoms with Crippen molar-refractivity contribution in [1.29, 1.82) is 0 Å². The van der Waals surface area contributed by atoms with E-state index in [2.05, 4.69) is 20.1 Å². The number of amides is 1. The van der Waals surface area contributed by atoms with Gasteiger partial charge in [-0.1, -0.05) is 0 Å². The maximum Gasteiger partial charge on any atom is 0.270 e. The normalized spacial score (nSPS) is 28.5. The summed E-state index contributed by atoms with van der Waals surface area (Å²) >= 11 is 0. The summed E-state index contributed by atoms with van der Waals surface area (Å²) in [5, 5.41) is 4.08. The predicted octanol–water partition coefficient (Wildman–Crippen LogP) is 1.49. The van der Waals surface area contributed by atoms with E-state index in [0.717, 1.165) is 49.8 Å². The third kappa shape index (κ3) is 3.05. The average Bonchev–Trinajstić information content (AvgIpc) is 3.24. The second-order valence-corrected chi connectivity index (χ2v) is 7.61. The first kappa shape index (κ1) is 16.1. The molecule has 0 radical (unpaired) electrons. The van der Waals surface area contributed by atoms with Gasteiger partial charge in [0, 0.05) is 55.9 Å². The number of hydrogen-bond acceptors (Lipinski definition) is 6. The van der Waals surface area contributed by atoms with E-state index in [0.29, 0.717) is 24.5 Å². The van der Waals surface area contributed by atoms with Crippen molar-refractivity contribution < 1.29 is 13.9 Å². The number of pyridine rings is 1. The minimum atomic E-state index is -0.108. The van der Waals surface area contributed by atoms with Crippen LogP contribution in [0.15, 0.2) is 22.7 Å². The lowest BCUT2D eigenvalue weighted by Gasteiger charge is -2.30. The Hall–Kier alpha value is -2.12. The highest BCUT2D eigenvalue weighted by molar-refractivity contribution is 5.95. The van der Waals surface area contributed by atoms with Gasteiger partial charge in [0.15, 0.2) is 5.88 Å². The summed E-state index contributed by atoms with van der Waals surface area (Å²) < 4.78 is 11.4. The van der Waals surface area contributed by atoms with Gasteiger partial charge < -0.3 is 24.3 Å². The summed E-state index contributed by atoms with van der Waals surface area (Å²) in [7, 11) is 0. The van der Waals surface area contributed by atoms with Crippen molar-refractivity contribution in [2.45, 2.75) is 18.9 Å². The molecule has 2 aromatic rings. The average molecular weight is 356 g/mol. The molecule has 0 spiro atoms. The van der Waals surface area contributed by atoms with E-state index < -0.39 is 0 Å². The van der Waals surface area contributed by atoms with Gasteiger partial charge in [-0.25, -0.2) is 0 Å². The Labute approximate surface area is 152 Å². The number of aromatic nitrogens is 1. The lowest BCUT2D eigenvalue weighted by molar-refractivity contribution is 0.0904. The third-order valence-electron chi connectivity index (χ3n) is 5.75. The van der Waals surface area contributed by atoms with E-state index in [4.69, 9.17) is 9.15 Å². The number of carbonyl (C=O) groups is 1. The molecule has 0 aliphatic carbocycles. The lowest BCUT2D eigenvalue weighted by Crippen LogP contribution is -2.47. The van der Waals surface area contributed by atoms with Crippen molar-refractivity contribution >= 4 is 22.8 Å². The van der Waals surface area contributed by atoms with Gasteiger partial charge in [-0.3, -0.25) is 9.78 Å². The molecule has 3 fully saturated rings. The molecule has 7 nitrogen and oxygen atoms in total. The number of furan rings is 1. The van der Waals surface area contributed by atoms with Crippen LogP contribution in [-0.2, 0) is 4.74 Å². The topological polar surface area (TPSA) is 70.8 Å². The van der Waals surface area contributed by atoms with Gasteiger partial charge in [-0.2, -0.15) is 0 Å². The number of carbonyl (C=O) groups excluding carboxylic acids is 1. The van der Waals surface area contributed by atoms with Gasteiger partial charge >= 0.3 is 0 Å². The molecule has 138 valence electrons. The molecule has 3 aliphatic rings. The molecule has 1 N–H and O–H groups in total. The smallest absolute Gasteiger partial charge is 0.270 e. The Bertz CT molecular complexity index is 802. The van der Waals surface area contributed by atoms with Crippen molar-refractivity contribution in [2.24, 2.45) is 5.92 Å². The molecule has 3 aliphatic heterocycles. The van der Waals surface area contributed by atoms with Crippen LogP contribution in [0.4, 0.5) is 5.88 Å². The summed E-state index contributed by atoms with van der Waals surface area (Å²) in [6, 6.07) is 3.97. The van der Waals surface area contributed by atoms with E-state index >= 15 is 0 Å². The predicted molar refractivity (Wildman–Crippen MR) is 97.5 cm³/mol. The monoisotopic (exact) mass is 356 g/mol. The van der Waals surface area contributed by atoms with Crippen molar-refractivity contribution in [3.63, 3.8) is 0 Å². The molecule has 1 amide bonds. The number of morpholine rings is 1. The zero-order chi connectivity index (χ0) is 17.5. The fourth-order valence-electron chi connectivity index (χ4n) is 4.41. The third-order valence-corrected chi connectivity index (χ3v) is 5.75. The van der Waals surface area contributed by atoms with Crippen LogP contribution in [0.2, 0.25) is 0 Å². The van der Waals surface area contributed by atoms with E-state index in [1.54, 1.807) is 12.3 Å². The van der Waals surface area contributed by atoms with Crippen molar-refractivity contribution in [1.82, 2.24) is 15.2 Å². The first-order valence-electron chi connectivity index (χ1n) is 9.50. The molecular weight excluding hydrogens is 332 g/mol. The molecule has 3 atom stereocenters. The van der Waals surface area contributed by atoms with E-state index in [1.165, 1.54) is 13.0 Å². The van der Waals surface area contributed by atoms with Gasteiger partial charge in [0.1, 0.15) is 11.3 Å². The zero-order valence-electron chi connectivity index (χ0n) is 14.8. The largest absolute Gasteiger partial charge is 0.440 e. The minimum Gasteiger partial charge on any atom is -0.440 e. The Morgan fingerprint density at radius 1 is 1.19 bits per heavy atom. The second-order valence-electron chi connectivity index (χ2n) is 7.61. The standard InChI is InChI=1S/C19H24N4O3/c24-19(21-15-7-13-1-2-22(11-13)12-15)16-9-17-14(10-20-16)8-18(26-17)23-3-5-25-6-4-23/h8-10,13,15H,1-7,11-12H2,(H,21,24). The molecule has 7 heteroatoms. The highest BCUT2D eigenvalue weighted by Gasteiger charge is 2.33. The number of nitrogens with zero attached hydrogens (tertiary/aromatic N) is 3. The van der Waals surface area contributed by atoms with E-state index in [9.17, 15) is 4.79 Å². The highest BCUT2D eigenvalue weighted by atomic mass is 16.5. The number of fused-ring (bicyclic) bond motifs is 3. The molecule has 5 heterocycles. The number of hydrogen-bond donors (Lipinski definition) is 1. The first-order valence-corrected chi connectivity index (χ1v) is 9.50. The van der Waals surface area contributed by atoms with Crippen LogP contribution in [0.3, 0.4) is 0 Å². The Balaban J connectivity index is 1.31. The molecule has 26 heavy (non-hydrogen) atoms. The van der Waals surface area contributed by atoms with Crippen LogP contribution in [0.5, 0.6) is 0 Å². The van der Waals surface area contributed by atoms with E-state index in [-0.39, 0.29) is 11.9 Å². The summed E-state index contributed by atoms with van der Waals surface area (Å²) in [4.78, 5) is 21.6. The van der Waals surface area contributed by atoms with Crippen LogP contribution in [-0.4, -0.2) is 67.8 Å². The first-order chi connectivity index (χ1) is 12.7. The zero-order valence-corrected chi connectivity index (χ0v) is 14.8. The van der Waals surface area contributed by atoms with Gasteiger partial charge in [-0.15, -0.1) is 0 Å². The van der Waals surface area contributed by atoms with Gasteiger partial charge in [0.2, 0.25) is 0 Å². The Kier molecular flexibility index (Phi) is 4.05. The highest BCUT2D eigenvalue weighted by Crippen LogP contribution is 2.28. The summed E-state index contributed by atoms with van der Waals surface area (Å²) in [6.45, 7) is 6.36. The SMILES string of the molecule is O=C(NC1CC2CCN(C2)C1)c1cc2oc(N3CCOCC3)cc2cn1. The quantitative estimate of drug-likeness (QED) is 0.898. The molecule has 0 saturated carbocycles. The van der Waals surface area contributed by atoms with Crippen LogP contribution < -0.4 is 10.2 Å². The van der Waals surface area contributed by atoms with Crippen molar-refractivity contribution in [3.05, 3.63) is 24.0 Å². The van der Waals surface area contributed by atoms with Crippen molar-refractivity contribution in [2.75, 3.05) is 50.8 Å². The Morgan fingerprint density at radius 2 is 2.08 bits per heavy atom. The molecule has 2 bridgehead atoms. The number of piperidine rings is 1. The van der Waals surface area contributed by atoms with Gasteiger partial charge in [-0.05, 0) is 25.3 Å². The van der Waals surface area contributed by atoms with Gasteiger partial charge in [0.05, 0.1) is 13.2 Å². The summed E-state index contributed by atoms with van der Waals surface area (Å²) in [5.74, 6) is 1.44. The van der Waals surface area contributed by atoms with Crippen molar-refractivity contribution in [3.8, 4) is 0 Å². The molecule has 0 aromatic carbocycles. The lowest BCUT2D eigenvalue weighted by atomic mass is 9.97. The number of rotatable bonds is 3. The second kappa shape index (κ2) is 6.55. The van der Waals surface area contributed by atoms with Crippen LogP contribution in [0, 0.1) is 5.92 Å². The van der Waals surface area contributed by atoms with Crippen LogP contribution in [0.1, 0.15) is 23.3 Å². The fourth-order valence-corrected chi connectivity index (χ4v) is 4.41. The fraction of sp³-hybridized carbons (Fsp3) is 0.579. The summed E-state index contributed by atoms with van der Waals surface area (Å²) in [5.41, 5.74) is 1.13. The van der Waals surface area contributed by atoms with Crippen LogP contribution >= 0.6 is 0 Å². The molecule has 2 aromatic heterocycles. The number of nitrogens with one attached hydrogen (secondary N) is 1. The number of anilines is 1. The Morgan fingerprint density at radius 3 is 2.92 bits per heavy atom. The number of ether oxygens (including phenoxy) is 1. The molecule has 5 rings (SSSR count). The maximum absolute atomic E-state index is 12.6. The van der Waals surface area contributed by atoms with Crippen LogP contribution in [0.25, 0.3) is 11.0 Å². The molecule has 3 unspecified atom stereocenters. The minimum absolute atomic E-state index is 0.108. The van der Waals surface area contributed by atoms with E-state index in [1.807, 2.05) is 6.07 Å². The molecule has 3 saturated heterocycles. The van der Waals surface area contributed by atoms with Gasteiger partial charge in [0.25, 0.3) is 5.91 Å². The summed E-state index contributed by atoms with van der Waals surface area (Å²) in [6.07, 6.45) is 4.06. The molecular formula is C19H24N4O3.